The lowest BCUT2D eigenvalue weighted by molar-refractivity contribution is 0.0915. The molecule has 1 unspecified atom stereocenters. The molecule has 3 rings (SSSR count). The van der Waals surface area contributed by atoms with Gasteiger partial charge in [-0.25, -0.2) is 4.79 Å². The van der Waals surface area contributed by atoms with Gasteiger partial charge in [-0.2, -0.15) is 0 Å². The maximum atomic E-state index is 12.6. The highest BCUT2D eigenvalue weighted by Gasteiger charge is 2.32. The van der Waals surface area contributed by atoms with E-state index in [1.54, 1.807) is 12.1 Å². The molecule has 0 bridgehead atoms. The Hall–Kier alpha value is -3.42. The summed E-state index contributed by atoms with van der Waals surface area (Å²) in [6.45, 7) is 0.545. The highest BCUT2D eigenvalue weighted by Crippen LogP contribution is 2.38. The fourth-order valence-electron chi connectivity index (χ4n) is 2.97. The minimum absolute atomic E-state index is 0.185. The Morgan fingerprint density at radius 3 is 2.32 bits per heavy atom. The number of nitrogens with zero attached hydrogens (tertiary/aromatic N) is 1. The average molecular weight is 386 g/mol. The molecule has 1 aliphatic heterocycles. The Labute approximate surface area is 162 Å². The SMILES string of the molecule is COc1cc(C(=O)NCC2CN(c3ccccc3)C(=O)O2)cc(OC)c1OC. The van der Waals surface area contributed by atoms with E-state index in [0.717, 1.165) is 5.69 Å². The summed E-state index contributed by atoms with van der Waals surface area (Å²) in [5.41, 5.74) is 1.10. The van der Waals surface area contributed by atoms with Gasteiger partial charge in [-0.05, 0) is 24.3 Å². The number of ether oxygens (including phenoxy) is 4. The van der Waals surface area contributed by atoms with Crippen molar-refractivity contribution in [3.05, 3.63) is 48.0 Å². The molecule has 8 nitrogen and oxygen atoms in total. The first-order valence-corrected chi connectivity index (χ1v) is 8.68. The van der Waals surface area contributed by atoms with E-state index in [2.05, 4.69) is 5.32 Å². The Morgan fingerprint density at radius 2 is 1.75 bits per heavy atom. The van der Waals surface area contributed by atoms with Crippen molar-refractivity contribution >= 4 is 17.7 Å². The number of benzene rings is 2. The van der Waals surface area contributed by atoms with Crippen LogP contribution in [0.1, 0.15) is 10.4 Å². The molecule has 1 atom stereocenters. The van der Waals surface area contributed by atoms with Gasteiger partial charge in [0.2, 0.25) is 5.75 Å². The van der Waals surface area contributed by atoms with Gasteiger partial charge >= 0.3 is 6.09 Å². The first-order valence-electron chi connectivity index (χ1n) is 8.68. The van der Waals surface area contributed by atoms with Gasteiger partial charge in [-0.3, -0.25) is 9.69 Å². The Kier molecular flexibility index (Phi) is 5.88. The molecule has 1 N–H and O–H groups in total. The molecule has 28 heavy (non-hydrogen) atoms. The molecule has 1 aliphatic rings. The van der Waals surface area contributed by atoms with E-state index in [-0.39, 0.29) is 12.5 Å². The van der Waals surface area contributed by atoms with Crippen molar-refractivity contribution in [3.8, 4) is 17.2 Å². The van der Waals surface area contributed by atoms with Crippen LogP contribution in [0.5, 0.6) is 17.2 Å². The van der Waals surface area contributed by atoms with E-state index < -0.39 is 12.2 Å². The lowest BCUT2D eigenvalue weighted by atomic mass is 10.1. The molecule has 0 aliphatic carbocycles. The monoisotopic (exact) mass is 386 g/mol. The number of rotatable bonds is 7. The van der Waals surface area contributed by atoms with Crippen molar-refractivity contribution in [1.82, 2.24) is 5.32 Å². The summed E-state index contributed by atoms with van der Waals surface area (Å²) in [4.78, 5) is 26.2. The average Bonchev–Trinajstić information content (AvgIpc) is 3.11. The largest absolute Gasteiger partial charge is 0.493 e. The number of anilines is 1. The third kappa shape index (κ3) is 3.95. The van der Waals surface area contributed by atoms with Gasteiger partial charge in [0, 0.05) is 11.3 Å². The number of methoxy groups -OCH3 is 3. The first kappa shape index (κ1) is 19.3. The van der Waals surface area contributed by atoms with Gasteiger partial charge in [0.05, 0.1) is 34.4 Å². The zero-order chi connectivity index (χ0) is 20.1. The molecule has 0 spiro atoms. The minimum Gasteiger partial charge on any atom is -0.493 e. The van der Waals surface area contributed by atoms with E-state index in [1.807, 2.05) is 30.3 Å². The molecule has 2 amide bonds. The number of nitrogens with one attached hydrogen (secondary N) is 1. The number of para-hydroxylation sites is 1. The maximum absolute atomic E-state index is 12.6. The van der Waals surface area contributed by atoms with Crippen molar-refractivity contribution in [2.24, 2.45) is 0 Å². The van der Waals surface area contributed by atoms with Gasteiger partial charge in [0.15, 0.2) is 11.5 Å². The molecule has 0 aromatic heterocycles. The van der Waals surface area contributed by atoms with Crippen LogP contribution in [0.2, 0.25) is 0 Å². The molecule has 1 saturated heterocycles. The zero-order valence-corrected chi connectivity index (χ0v) is 15.9. The highest BCUT2D eigenvalue weighted by atomic mass is 16.6. The van der Waals surface area contributed by atoms with Crippen LogP contribution in [0.4, 0.5) is 10.5 Å². The number of hydrogen-bond donors (Lipinski definition) is 1. The summed E-state index contributed by atoms with van der Waals surface area (Å²) >= 11 is 0. The van der Waals surface area contributed by atoms with Crippen LogP contribution in [-0.4, -0.2) is 52.5 Å². The smallest absolute Gasteiger partial charge is 0.414 e. The van der Waals surface area contributed by atoms with Gasteiger partial charge in [-0.1, -0.05) is 18.2 Å². The van der Waals surface area contributed by atoms with E-state index in [0.29, 0.717) is 29.4 Å². The van der Waals surface area contributed by atoms with Crippen LogP contribution in [0.3, 0.4) is 0 Å². The van der Waals surface area contributed by atoms with Crippen molar-refractivity contribution in [3.63, 3.8) is 0 Å². The third-order valence-electron chi connectivity index (χ3n) is 4.36. The lowest BCUT2D eigenvalue weighted by Gasteiger charge is -2.15. The second-order valence-electron chi connectivity index (χ2n) is 6.08. The van der Waals surface area contributed by atoms with E-state index in [4.69, 9.17) is 18.9 Å². The van der Waals surface area contributed by atoms with Gasteiger partial charge in [0.1, 0.15) is 6.10 Å². The summed E-state index contributed by atoms with van der Waals surface area (Å²) in [6.07, 6.45) is -0.878. The van der Waals surface area contributed by atoms with Gasteiger partial charge in [0.25, 0.3) is 5.91 Å². The fraction of sp³-hybridized carbons (Fsp3) is 0.300. The molecule has 1 fully saturated rings. The first-order chi connectivity index (χ1) is 13.6. The molecule has 0 radical (unpaired) electrons. The number of carbonyl (C=O) groups is 2. The van der Waals surface area contributed by atoms with E-state index >= 15 is 0 Å². The van der Waals surface area contributed by atoms with E-state index in [1.165, 1.54) is 26.2 Å². The van der Waals surface area contributed by atoms with Gasteiger partial charge < -0.3 is 24.3 Å². The Morgan fingerprint density at radius 1 is 1.11 bits per heavy atom. The van der Waals surface area contributed by atoms with E-state index in [9.17, 15) is 9.59 Å². The molecular weight excluding hydrogens is 364 g/mol. The molecule has 8 heteroatoms. The maximum Gasteiger partial charge on any atom is 0.414 e. The second-order valence-corrected chi connectivity index (χ2v) is 6.08. The van der Waals surface area contributed by atoms with Gasteiger partial charge in [-0.15, -0.1) is 0 Å². The number of cyclic esters (lactones) is 1. The normalized spacial score (nSPS) is 15.8. The topological polar surface area (TPSA) is 86.3 Å². The molecule has 2 aromatic rings. The van der Waals surface area contributed by atoms with Crippen molar-refractivity contribution < 1.29 is 28.5 Å². The molecule has 0 saturated carbocycles. The zero-order valence-electron chi connectivity index (χ0n) is 15.9. The quantitative estimate of drug-likeness (QED) is 0.787. The molecule has 148 valence electrons. The van der Waals surface area contributed by atoms with Crippen molar-refractivity contribution in [2.75, 3.05) is 39.3 Å². The van der Waals surface area contributed by atoms with Crippen LogP contribution in [0.15, 0.2) is 42.5 Å². The van der Waals surface area contributed by atoms with Crippen LogP contribution >= 0.6 is 0 Å². The number of hydrogen-bond acceptors (Lipinski definition) is 6. The summed E-state index contributed by atoms with van der Waals surface area (Å²) in [5.74, 6) is 0.835. The minimum atomic E-state index is -0.446. The van der Waals surface area contributed by atoms with Crippen LogP contribution < -0.4 is 24.4 Å². The summed E-state index contributed by atoms with van der Waals surface area (Å²) < 4.78 is 21.1. The number of carbonyl (C=O) groups excluding carboxylic acids is 2. The predicted molar refractivity (Wildman–Crippen MR) is 102 cm³/mol. The fourth-order valence-corrected chi connectivity index (χ4v) is 2.97. The highest BCUT2D eigenvalue weighted by molar-refractivity contribution is 5.96. The Balaban J connectivity index is 1.65. The van der Waals surface area contributed by atoms with Crippen molar-refractivity contribution in [2.45, 2.75) is 6.10 Å². The summed E-state index contributed by atoms with van der Waals surface area (Å²) in [6, 6.07) is 12.4. The van der Waals surface area contributed by atoms with Crippen molar-refractivity contribution in [1.29, 1.82) is 0 Å². The molecular formula is C20H22N2O6. The summed E-state index contributed by atoms with van der Waals surface area (Å²) in [7, 11) is 4.46. The molecule has 2 aromatic carbocycles. The molecule has 1 heterocycles. The number of amides is 2. The predicted octanol–water partition coefficient (Wildman–Crippen LogP) is 2.47. The van der Waals surface area contributed by atoms with Crippen LogP contribution in [-0.2, 0) is 4.74 Å². The Bertz CT molecular complexity index is 830. The standard InChI is InChI=1S/C20H22N2O6/c1-25-16-9-13(10-17(26-2)18(16)27-3)19(23)21-11-15-12-22(20(24)28-15)14-7-5-4-6-8-14/h4-10,15H,11-12H2,1-3H3,(H,21,23). The second kappa shape index (κ2) is 8.51. The van der Waals surface area contributed by atoms with Crippen LogP contribution in [0, 0.1) is 0 Å². The third-order valence-corrected chi connectivity index (χ3v) is 4.36. The van der Waals surface area contributed by atoms with Crippen LogP contribution in [0.25, 0.3) is 0 Å². The lowest BCUT2D eigenvalue weighted by Crippen LogP contribution is -2.34. The summed E-state index contributed by atoms with van der Waals surface area (Å²) in [5, 5.41) is 2.78.